The molecule has 1 aliphatic heterocycles. The lowest BCUT2D eigenvalue weighted by molar-refractivity contribution is 0.465. The number of hydrogen-bond donors (Lipinski definition) is 0. The van der Waals surface area contributed by atoms with Gasteiger partial charge in [0.1, 0.15) is 18.2 Å². The number of rotatable bonds is 3. The molecule has 1 saturated heterocycles. The van der Waals surface area contributed by atoms with E-state index in [4.69, 9.17) is 11.6 Å². The fraction of sp³-hybridized carbons (Fsp3) is 0.471. The van der Waals surface area contributed by atoms with Gasteiger partial charge in [-0.2, -0.15) is 5.26 Å². The molecule has 1 aromatic heterocycles. The highest BCUT2D eigenvalue weighted by atomic mass is 35.5. The predicted molar refractivity (Wildman–Crippen MR) is 88.6 cm³/mol. The van der Waals surface area contributed by atoms with Crippen LogP contribution in [0.15, 0.2) is 24.5 Å². The normalized spacial score (nSPS) is 18.9. The second-order valence-electron chi connectivity index (χ2n) is 6.36. The van der Waals surface area contributed by atoms with Gasteiger partial charge in [0, 0.05) is 30.1 Å². The Morgan fingerprint density at radius 1 is 1.17 bits per heavy atom. The average molecular weight is 328 g/mol. The van der Waals surface area contributed by atoms with E-state index in [2.05, 4.69) is 25.7 Å². The molecule has 4 rings (SSSR count). The Bertz CT molecular complexity index is 751. The maximum atomic E-state index is 9.31. The van der Waals surface area contributed by atoms with Gasteiger partial charge in [-0.1, -0.05) is 11.6 Å². The lowest BCUT2D eigenvalue weighted by Crippen LogP contribution is -2.34. The molecule has 0 bridgehead atoms. The van der Waals surface area contributed by atoms with E-state index < -0.39 is 0 Å². The van der Waals surface area contributed by atoms with Gasteiger partial charge in [0.15, 0.2) is 0 Å². The Kier molecular flexibility index (Phi) is 3.70. The molecule has 0 spiro atoms. The topological polar surface area (TPSA) is 57.7 Å². The Morgan fingerprint density at radius 2 is 1.96 bits per heavy atom. The number of nitrogens with zero attached hydrogens (tertiary/aromatic N) is 5. The average Bonchev–Trinajstić information content (AvgIpc) is 3.32. The van der Waals surface area contributed by atoms with E-state index in [0.717, 1.165) is 37.4 Å². The largest absolute Gasteiger partial charge is 0.370 e. The Morgan fingerprint density at radius 3 is 2.65 bits per heavy atom. The van der Waals surface area contributed by atoms with Crippen LogP contribution in [0.1, 0.15) is 49.0 Å². The van der Waals surface area contributed by atoms with E-state index in [1.807, 2.05) is 12.4 Å². The van der Waals surface area contributed by atoms with Gasteiger partial charge in [-0.25, -0.2) is 0 Å². The summed E-state index contributed by atoms with van der Waals surface area (Å²) < 4.78 is 2.26. The third kappa shape index (κ3) is 2.79. The molecule has 0 amide bonds. The minimum Gasteiger partial charge on any atom is -0.370 e. The van der Waals surface area contributed by atoms with Crippen LogP contribution in [0.5, 0.6) is 0 Å². The maximum absolute atomic E-state index is 9.31. The van der Waals surface area contributed by atoms with Crippen LogP contribution in [-0.4, -0.2) is 27.9 Å². The van der Waals surface area contributed by atoms with Crippen molar-refractivity contribution in [3.05, 3.63) is 40.9 Å². The zero-order valence-corrected chi connectivity index (χ0v) is 13.6. The third-order valence-electron chi connectivity index (χ3n) is 4.82. The highest BCUT2D eigenvalue weighted by Crippen LogP contribution is 2.39. The Balaban J connectivity index is 1.50. The summed E-state index contributed by atoms with van der Waals surface area (Å²) in [4.78, 5) is 2.26. The molecular formula is C17H18ClN5. The molecule has 23 heavy (non-hydrogen) atoms. The highest BCUT2D eigenvalue weighted by molar-refractivity contribution is 6.30. The van der Waals surface area contributed by atoms with Crippen LogP contribution in [0.25, 0.3) is 0 Å². The molecule has 0 atom stereocenters. The molecule has 118 valence electrons. The van der Waals surface area contributed by atoms with Crippen LogP contribution in [0.3, 0.4) is 0 Å². The molecule has 0 unspecified atom stereocenters. The Labute approximate surface area is 140 Å². The van der Waals surface area contributed by atoms with Crippen molar-refractivity contribution in [1.29, 1.82) is 5.26 Å². The van der Waals surface area contributed by atoms with Gasteiger partial charge in [0.25, 0.3) is 0 Å². The number of hydrogen-bond acceptors (Lipinski definition) is 4. The number of anilines is 1. The quantitative estimate of drug-likeness (QED) is 0.865. The molecule has 0 N–H and O–H groups in total. The van der Waals surface area contributed by atoms with Gasteiger partial charge >= 0.3 is 0 Å². The lowest BCUT2D eigenvalue weighted by Gasteiger charge is -2.33. The summed E-state index contributed by atoms with van der Waals surface area (Å²) in [5.74, 6) is 1.60. The maximum Gasteiger partial charge on any atom is 0.136 e. The summed E-state index contributed by atoms with van der Waals surface area (Å²) in [6.45, 7) is 1.83. The number of benzene rings is 1. The van der Waals surface area contributed by atoms with Crippen molar-refractivity contribution in [3.8, 4) is 6.07 Å². The summed E-state index contributed by atoms with van der Waals surface area (Å²) in [6.07, 6.45) is 6.44. The van der Waals surface area contributed by atoms with Crippen molar-refractivity contribution in [3.63, 3.8) is 0 Å². The molecular weight excluding hydrogens is 310 g/mol. The molecule has 5 nitrogen and oxygen atoms in total. The van der Waals surface area contributed by atoms with Gasteiger partial charge in [0.2, 0.25) is 0 Å². The number of halogens is 1. The van der Waals surface area contributed by atoms with Gasteiger partial charge in [0.05, 0.1) is 11.3 Å². The minimum absolute atomic E-state index is 0.457. The van der Waals surface area contributed by atoms with E-state index in [1.165, 1.54) is 12.8 Å². The van der Waals surface area contributed by atoms with Crippen LogP contribution in [0, 0.1) is 11.3 Å². The van der Waals surface area contributed by atoms with Crippen LogP contribution in [-0.2, 0) is 0 Å². The van der Waals surface area contributed by atoms with Crippen LogP contribution in [0.2, 0.25) is 5.02 Å². The molecule has 6 heteroatoms. The van der Waals surface area contributed by atoms with E-state index in [-0.39, 0.29) is 0 Å². The van der Waals surface area contributed by atoms with Crippen LogP contribution < -0.4 is 4.90 Å². The second-order valence-corrected chi connectivity index (χ2v) is 6.80. The van der Waals surface area contributed by atoms with Gasteiger partial charge in [-0.05, 0) is 43.9 Å². The fourth-order valence-electron chi connectivity index (χ4n) is 3.42. The molecule has 2 heterocycles. The first kappa shape index (κ1) is 14.5. The van der Waals surface area contributed by atoms with Crippen molar-refractivity contribution >= 4 is 17.3 Å². The second kappa shape index (κ2) is 5.86. The summed E-state index contributed by atoms with van der Waals surface area (Å²) in [6, 6.07) is 8.35. The predicted octanol–water partition coefficient (Wildman–Crippen LogP) is 3.52. The first-order chi connectivity index (χ1) is 11.3. The number of nitriles is 1. The van der Waals surface area contributed by atoms with Gasteiger partial charge in [-0.3, -0.25) is 0 Å². The first-order valence-electron chi connectivity index (χ1n) is 8.10. The first-order valence-corrected chi connectivity index (χ1v) is 8.48. The lowest BCUT2D eigenvalue weighted by atomic mass is 9.95. The van der Waals surface area contributed by atoms with Crippen LogP contribution >= 0.6 is 11.6 Å². The summed E-state index contributed by atoms with van der Waals surface area (Å²) in [5.41, 5.74) is 1.64. The highest BCUT2D eigenvalue weighted by Gasteiger charge is 2.31. The standard InChI is InChI=1S/C17H18ClN5/c18-14-2-1-13(10-19)16(9-14)22-7-5-12(6-8-22)17-21-20-11-23(17)15-3-4-15/h1-2,9,11-12,15H,3-8H2. The molecule has 2 aliphatic rings. The summed E-state index contributed by atoms with van der Waals surface area (Å²) in [5, 5.41) is 18.5. The van der Waals surface area contributed by atoms with Gasteiger partial charge in [-0.15, -0.1) is 10.2 Å². The van der Waals surface area contributed by atoms with Crippen molar-refractivity contribution < 1.29 is 0 Å². The molecule has 2 fully saturated rings. The monoisotopic (exact) mass is 327 g/mol. The molecule has 1 saturated carbocycles. The number of aromatic nitrogens is 3. The Hall–Kier alpha value is -2.06. The van der Waals surface area contributed by atoms with E-state index in [1.54, 1.807) is 12.1 Å². The SMILES string of the molecule is N#Cc1ccc(Cl)cc1N1CCC(c2nncn2C2CC2)CC1. The van der Waals surface area contributed by atoms with E-state index >= 15 is 0 Å². The summed E-state index contributed by atoms with van der Waals surface area (Å²) in [7, 11) is 0. The number of piperidine rings is 1. The fourth-order valence-corrected chi connectivity index (χ4v) is 3.58. The van der Waals surface area contributed by atoms with E-state index in [9.17, 15) is 5.26 Å². The minimum atomic E-state index is 0.457. The molecule has 0 radical (unpaired) electrons. The third-order valence-corrected chi connectivity index (χ3v) is 5.06. The van der Waals surface area contributed by atoms with Crippen molar-refractivity contribution in [2.45, 2.75) is 37.6 Å². The van der Waals surface area contributed by atoms with Gasteiger partial charge < -0.3 is 9.47 Å². The van der Waals surface area contributed by atoms with Crippen molar-refractivity contribution in [2.24, 2.45) is 0 Å². The van der Waals surface area contributed by atoms with Crippen molar-refractivity contribution in [2.75, 3.05) is 18.0 Å². The molecule has 2 aromatic rings. The van der Waals surface area contributed by atoms with E-state index in [0.29, 0.717) is 22.5 Å². The molecule has 1 aromatic carbocycles. The van der Waals surface area contributed by atoms with Crippen LogP contribution in [0.4, 0.5) is 5.69 Å². The van der Waals surface area contributed by atoms with Crippen molar-refractivity contribution in [1.82, 2.24) is 14.8 Å². The molecule has 1 aliphatic carbocycles. The summed E-state index contributed by atoms with van der Waals surface area (Å²) >= 11 is 6.11. The zero-order chi connectivity index (χ0) is 15.8. The smallest absolute Gasteiger partial charge is 0.136 e. The zero-order valence-electron chi connectivity index (χ0n) is 12.8.